The molecule has 0 spiro atoms. The molecule has 1 fully saturated rings. The van der Waals surface area contributed by atoms with Gasteiger partial charge in [0.15, 0.2) is 11.5 Å². The number of anilines is 3. The van der Waals surface area contributed by atoms with E-state index in [0.29, 0.717) is 54.4 Å². The van der Waals surface area contributed by atoms with Crippen LogP contribution in [0.4, 0.5) is 26.0 Å². The molecule has 0 radical (unpaired) electrons. The van der Waals surface area contributed by atoms with E-state index >= 15 is 4.39 Å². The van der Waals surface area contributed by atoms with Crippen molar-refractivity contribution in [3.63, 3.8) is 0 Å². The maximum absolute atomic E-state index is 15.3. The van der Waals surface area contributed by atoms with Gasteiger partial charge in [-0.05, 0) is 24.3 Å². The fourth-order valence-corrected chi connectivity index (χ4v) is 3.49. The van der Waals surface area contributed by atoms with Crippen LogP contribution >= 0.6 is 0 Å². The number of nitrogens with one attached hydrogen (secondary N) is 2. The van der Waals surface area contributed by atoms with Crippen molar-refractivity contribution in [1.29, 1.82) is 0 Å². The van der Waals surface area contributed by atoms with Gasteiger partial charge in [0.1, 0.15) is 34.9 Å². The Labute approximate surface area is 170 Å². The third kappa shape index (κ3) is 3.20. The van der Waals surface area contributed by atoms with E-state index in [9.17, 15) is 4.39 Å². The Balaban J connectivity index is 1.57. The number of fused-ring (bicyclic) bond motifs is 1. The number of morpholine rings is 1. The van der Waals surface area contributed by atoms with Crippen LogP contribution in [0.5, 0.6) is 0 Å². The zero-order valence-corrected chi connectivity index (χ0v) is 15.8. The molecule has 4 heterocycles. The molecule has 0 bridgehead atoms. The summed E-state index contributed by atoms with van der Waals surface area (Å²) in [7, 11) is 0. The van der Waals surface area contributed by atoms with Crippen LogP contribution in [0.2, 0.25) is 0 Å². The van der Waals surface area contributed by atoms with Crippen LogP contribution in [0.1, 0.15) is 0 Å². The zero-order valence-electron chi connectivity index (χ0n) is 15.8. The quantitative estimate of drug-likeness (QED) is 0.534. The highest BCUT2D eigenvalue weighted by molar-refractivity contribution is 5.91. The van der Waals surface area contributed by atoms with Crippen LogP contribution in [0.3, 0.4) is 0 Å². The lowest BCUT2D eigenvalue weighted by molar-refractivity contribution is 0.122. The van der Waals surface area contributed by atoms with Crippen molar-refractivity contribution in [2.75, 3.05) is 36.5 Å². The number of ether oxygens (including phenoxy) is 1. The molecule has 3 aromatic heterocycles. The molecule has 8 nitrogen and oxygen atoms in total. The standard InChI is InChI=1S/C20H17F2N7O/c21-13-3-4-14(29-6-8-30-9-7-29)15(22)17(13)28-19-12(2-1-5-23-19)16-18-20(26-10-24-16)27-11-25-18/h1-5,10-11H,6-9H2,(H,23,28)(H,24,25,26,27). The van der Waals surface area contributed by atoms with Gasteiger partial charge in [0, 0.05) is 24.8 Å². The van der Waals surface area contributed by atoms with E-state index in [4.69, 9.17) is 4.74 Å². The first-order valence-corrected chi connectivity index (χ1v) is 9.39. The summed E-state index contributed by atoms with van der Waals surface area (Å²) in [6, 6.07) is 6.18. The number of hydrogen-bond donors (Lipinski definition) is 2. The Morgan fingerprint density at radius 3 is 2.77 bits per heavy atom. The van der Waals surface area contributed by atoms with Crippen molar-refractivity contribution in [2.45, 2.75) is 0 Å². The lowest BCUT2D eigenvalue weighted by atomic mass is 10.1. The van der Waals surface area contributed by atoms with Crippen molar-refractivity contribution in [1.82, 2.24) is 24.9 Å². The summed E-state index contributed by atoms with van der Waals surface area (Å²) >= 11 is 0. The maximum atomic E-state index is 15.3. The van der Waals surface area contributed by atoms with E-state index < -0.39 is 11.6 Å². The fourth-order valence-electron chi connectivity index (χ4n) is 3.49. The second kappa shape index (κ2) is 7.64. The minimum Gasteiger partial charge on any atom is -0.378 e. The van der Waals surface area contributed by atoms with Crippen molar-refractivity contribution >= 4 is 28.4 Å². The zero-order chi connectivity index (χ0) is 20.5. The highest BCUT2D eigenvalue weighted by Gasteiger charge is 2.22. The summed E-state index contributed by atoms with van der Waals surface area (Å²) < 4.78 is 35.2. The largest absolute Gasteiger partial charge is 0.378 e. The van der Waals surface area contributed by atoms with Crippen LogP contribution in [-0.2, 0) is 4.74 Å². The van der Waals surface area contributed by atoms with Gasteiger partial charge in [0.05, 0.1) is 25.2 Å². The van der Waals surface area contributed by atoms with Gasteiger partial charge in [0.2, 0.25) is 0 Å². The molecule has 30 heavy (non-hydrogen) atoms. The Morgan fingerprint density at radius 1 is 1.03 bits per heavy atom. The predicted octanol–water partition coefficient (Wildman–Crippen LogP) is 3.27. The molecule has 152 valence electrons. The molecular formula is C20H17F2N7O. The van der Waals surface area contributed by atoms with Crippen LogP contribution in [0.15, 0.2) is 43.1 Å². The summed E-state index contributed by atoms with van der Waals surface area (Å²) in [5.41, 5.74) is 2.23. The minimum atomic E-state index is -0.713. The number of H-pyrrole nitrogens is 1. The SMILES string of the molecule is Fc1ccc(N2CCOCC2)c(F)c1Nc1ncccc1-c1ncnc2nc[nH]c12. The van der Waals surface area contributed by atoms with Gasteiger partial charge in [-0.25, -0.2) is 28.7 Å². The lowest BCUT2D eigenvalue weighted by Crippen LogP contribution is -2.36. The van der Waals surface area contributed by atoms with E-state index in [1.165, 1.54) is 24.8 Å². The van der Waals surface area contributed by atoms with Crippen molar-refractivity contribution < 1.29 is 13.5 Å². The van der Waals surface area contributed by atoms with Gasteiger partial charge in [-0.1, -0.05) is 0 Å². The van der Waals surface area contributed by atoms with Gasteiger partial charge < -0.3 is 19.9 Å². The molecule has 5 rings (SSSR count). The summed E-state index contributed by atoms with van der Waals surface area (Å²) in [5, 5.41) is 2.83. The Hall–Kier alpha value is -3.66. The first-order chi connectivity index (χ1) is 14.7. The average Bonchev–Trinajstić information content (AvgIpc) is 3.27. The number of nitrogens with zero attached hydrogens (tertiary/aromatic N) is 5. The van der Waals surface area contributed by atoms with E-state index in [1.807, 2.05) is 4.90 Å². The Morgan fingerprint density at radius 2 is 1.90 bits per heavy atom. The van der Waals surface area contributed by atoms with E-state index in [1.54, 1.807) is 18.3 Å². The van der Waals surface area contributed by atoms with Gasteiger partial charge in [-0.2, -0.15) is 0 Å². The number of benzene rings is 1. The molecule has 1 saturated heterocycles. The van der Waals surface area contributed by atoms with Gasteiger partial charge in [-0.15, -0.1) is 0 Å². The van der Waals surface area contributed by atoms with Crippen LogP contribution in [0.25, 0.3) is 22.4 Å². The molecule has 0 atom stereocenters. The van der Waals surface area contributed by atoms with Gasteiger partial charge in [0.25, 0.3) is 0 Å². The van der Waals surface area contributed by atoms with E-state index in [0.717, 1.165) is 0 Å². The number of pyridine rings is 1. The number of hydrogen-bond acceptors (Lipinski definition) is 7. The monoisotopic (exact) mass is 409 g/mol. The predicted molar refractivity (Wildman–Crippen MR) is 108 cm³/mol. The Kier molecular flexibility index (Phi) is 4.68. The maximum Gasteiger partial charge on any atom is 0.181 e. The second-order valence-corrected chi connectivity index (χ2v) is 6.70. The summed E-state index contributed by atoms with van der Waals surface area (Å²) in [6.07, 6.45) is 4.44. The molecule has 1 aliphatic heterocycles. The molecule has 10 heteroatoms. The van der Waals surface area contributed by atoms with Crippen LogP contribution in [-0.4, -0.2) is 51.2 Å². The molecular weight excluding hydrogens is 392 g/mol. The van der Waals surface area contributed by atoms with Gasteiger partial charge in [-0.3, -0.25) is 0 Å². The highest BCUT2D eigenvalue weighted by Crippen LogP contribution is 2.34. The summed E-state index contributed by atoms with van der Waals surface area (Å²) in [5.74, 6) is -1.12. The topological polar surface area (TPSA) is 91.8 Å². The summed E-state index contributed by atoms with van der Waals surface area (Å²) in [4.78, 5) is 21.7. The third-order valence-electron chi connectivity index (χ3n) is 4.95. The molecule has 0 amide bonds. The molecule has 0 unspecified atom stereocenters. The molecule has 0 saturated carbocycles. The summed E-state index contributed by atoms with van der Waals surface area (Å²) in [6.45, 7) is 2.07. The minimum absolute atomic E-state index is 0.268. The smallest absolute Gasteiger partial charge is 0.181 e. The first-order valence-electron chi connectivity index (χ1n) is 9.39. The van der Waals surface area contributed by atoms with E-state index in [-0.39, 0.29) is 11.5 Å². The fraction of sp³-hybridized carbons (Fsp3) is 0.200. The highest BCUT2D eigenvalue weighted by atomic mass is 19.1. The molecule has 1 aliphatic rings. The van der Waals surface area contributed by atoms with Crippen molar-refractivity contribution in [3.8, 4) is 11.3 Å². The average molecular weight is 409 g/mol. The van der Waals surface area contributed by atoms with Crippen molar-refractivity contribution in [3.05, 3.63) is 54.8 Å². The number of halogens is 2. The van der Waals surface area contributed by atoms with Crippen LogP contribution < -0.4 is 10.2 Å². The molecule has 4 aromatic rings. The molecule has 2 N–H and O–H groups in total. The molecule has 0 aliphatic carbocycles. The number of aromatic amines is 1. The Bertz CT molecular complexity index is 1210. The first kappa shape index (κ1) is 18.4. The number of imidazole rings is 1. The second-order valence-electron chi connectivity index (χ2n) is 6.70. The molecule has 1 aromatic carbocycles. The van der Waals surface area contributed by atoms with Gasteiger partial charge >= 0.3 is 0 Å². The van der Waals surface area contributed by atoms with Crippen LogP contribution in [0, 0.1) is 11.6 Å². The number of aromatic nitrogens is 5. The number of rotatable bonds is 4. The third-order valence-corrected chi connectivity index (χ3v) is 4.95. The lowest BCUT2D eigenvalue weighted by Gasteiger charge is -2.29. The van der Waals surface area contributed by atoms with Crippen molar-refractivity contribution in [2.24, 2.45) is 0 Å². The van der Waals surface area contributed by atoms with E-state index in [2.05, 4.69) is 30.2 Å². The normalized spacial score (nSPS) is 14.3.